The van der Waals surface area contributed by atoms with Crippen molar-refractivity contribution in [1.82, 2.24) is 10.2 Å². The second-order valence-corrected chi connectivity index (χ2v) is 11.2. The first kappa shape index (κ1) is 25.5. The zero-order valence-electron chi connectivity index (χ0n) is 21.4. The Bertz CT molecular complexity index is 938. The average molecular weight is 468 g/mol. The molecule has 0 radical (unpaired) electrons. The Kier molecular flexibility index (Phi) is 8.07. The van der Waals surface area contributed by atoms with Gasteiger partial charge in [-0.3, -0.25) is 0 Å². The highest BCUT2D eigenvalue weighted by Gasteiger charge is 2.40. The van der Waals surface area contributed by atoms with Crippen molar-refractivity contribution in [2.75, 3.05) is 11.9 Å². The van der Waals surface area contributed by atoms with E-state index in [1.54, 1.807) is 0 Å². The van der Waals surface area contributed by atoms with Gasteiger partial charge in [0.15, 0.2) is 5.11 Å². The number of hydrogen-bond acceptors (Lipinski definition) is 3. The quantitative estimate of drug-likeness (QED) is 0.442. The molecule has 1 heterocycles. The summed E-state index contributed by atoms with van der Waals surface area (Å²) in [5, 5.41) is 8.19. The largest absolute Gasteiger partial charge is 0.494 e. The molecule has 2 N–H and O–H groups in total. The minimum atomic E-state index is 0.0234. The minimum absolute atomic E-state index is 0.0234. The molecule has 0 bridgehead atoms. The molecule has 4 nitrogen and oxygen atoms in total. The molecule has 0 amide bonds. The predicted molar refractivity (Wildman–Crippen MR) is 144 cm³/mol. The summed E-state index contributed by atoms with van der Waals surface area (Å²) in [5.74, 6) is 1.35. The molecule has 0 aliphatic carbocycles. The maximum atomic E-state index is 6.10. The van der Waals surface area contributed by atoms with Crippen LogP contribution in [0.3, 0.4) is 0 Å². The first-order valence-electron chi connectivity index (χ1n) is 12.2. The third-order valence-electron chi connectivity index (χ3n) is 6.31. The smallest absolute Gasteiger partial charge is 0.173 e. The summed E-state index contributed by atoms with van der Waals surface area (Å²) < 4.78 is 5.95. The zero-order chi connectivity index (χ0) is 24.2. The topological polar surface area (TPSA) is 36.5 Å². The molecule has 1 aliphatic rings. The van der Waals surface area contributed by atoms with Crippen molar-refractivity contribution < 1.29 is 4.74 Å². The van der Waals surface area contributed by atoms with E-state index in [-0.39, 0.29) is 11.1 Å². The lowest BCUT2D eigenvalue weighted by Gasteiger charge is -2.50. The summed E-state index contributed by atoms with van der Waals surface area (Å²) in [6.07, 6.45) is 2.03. The highest BCUT2D eigenvalue weighted by molar-refractivity contribution is 7.80. The van der Waals surface area contributed by atoms with E-state index in [0.29, 0.717) is 25.1 Å². The molecule has 1 aliphatic heterocycles. The minimum Gasteiger partial charge on any atom is -0.494 e. The van der Waals surface area contributed by atoms with Gasteiger partial charge in [0.25, 0.3) is 0 Å². The van der Waals surface area contributed by atoms with Gasteiger partial charge in [0.1, 0.15) is 5.75 Å². The molecule has 33 heavy (non-hydrogen) atoms. The van der Waals surface area contributed by atoms with Crippen molar-refractivity contribution in [1.29, 1.82) is 0 Å². The van der Waals surface area contributed by atoms with E-state index in [9.17, 15) is 0 Å². The van der Waals surface area contributed by atoms with Crippen LogP contribution in [0.2, 0.25) is 0 Å². The van der Waals surface area contributed by atoms with Crippen LogP contribution in [0.4, 0.5) is 5.69 Å². The maximum Gasteiger partial charge on any atom is 0.173 e. The van der Waals surface area contributed by atoms with Gasteiger partial charge < -0.3 is 20.3 Å². The number of rotatable bonds is 7. The van der Waals surface area contributed by atoms with Gasteiger partial charge in [-0.1, -0.05) is 50.2 Å². The Balaban J connectivity index is 1.96. The van der Waals surface area contributed by atoms with Crippen LogP contribution in [0.1, 0.15) is 78.4 Å². The second-order valence-electron chi connectivity index (χ2n) is 10.8. The number of nitrogens with zero attached hydrogens (tertiary/aromatic N) is 1. The molecule has 3 rings (SSSR count). The second kappa shape index (κ2) is 10.4. The number of nitrogens with one attached hydrogen (secondary N) is 2. The van der Waals surface area contributed by atoms with Crippen LogP contribution in [0, 0.1) is 0 Å². The number of para-hydroxylation sites is 2. The van der Waals surface area contributed by atoms with Crippen LogP contribution in [0.15, 0.2) is 48.5 Å². The Morgan fingerprint density at radius 1 is 1.06 bits per heavy atom. The van der Waals surface area contributed by atoms with E-state index >= 15 is 0 Å². The van der Waals surface area contributed by atoms with Gasteiger partial charge in [0, 0.05) is 34.9 Å². The number of benzene rings is 2. The van der Waals surface area contributed by atoms with Crippen LogP contribution >= 0.6 is 12.2 Å². The van der Waals surface area contributed by atoms with E-state index in [0.717, 1.165) is 35.0 Å². The van der Waals surface area contributed by atoms with Gasteiger partial charge in [-0.15, -0.1) is 0 Å². The fraction of sp³-hybridized carbons (Fsp3) is 0.536. The Labute approximate surface area is 206 Å². The van der Waals surface area contributed by atoms with E-state index < -0.39 is 0 Å². The van der Waals surface area contributed by atoms with Crippen LogP contribution < -0.4 is 15.4 Å². The van der Waals surface area contributed by atoms with Crippen molar-refractivity contribution in [2.45, 2.75) is 90.9 Å². The zero-order valence-corrected chi connectivity index (χ0v) is 22.2. The fourth-order valence-corrected chi connectivity index (χ4v) is 5.59. The van der Waals surface area contributed by atoms with Crippen molar-refractivity contribution in [3.8, 4) is 5.75 Å². The standard InChI is InChI=1S/C28H41N3OS/c1-8-32-25-16-12-9-13-21(25)19-31(22-17-27(4,5)30-28(6,7)18-22)26(33)29-24-15-11-10-14-23(24)20(2)3/h9-16,20,22,30H,8,17-19H2,1-7H3,(H,29,33). The molecule has 0 atom stereocenters. The third kappa shape index (κ3) is 6.70. The lowest BCUT2D eigenvalue weighted by molar-refractivity contribution is 0.101. The summed E-state index contributed by atoms with van der Waals surface area (Å²) in [6.45, 7) is 17.0. The van der Waals surface area contributed by atoms with Crippen LogP contribution in [0.25, 0.3) is 0 Å². The molecule has 1 fully saturated rings. The maximum absolute atomic E-state index is 6.10. The molecule has 180 valence electrons. The van der Waals surface area contributed by atoms with Gasteiger partial charge in [0.2, 0.25) is 0 Å². The first-order valence-corrected chi connectivity index (χ1v) is 12.6. The van der Waals surface area contributed by atoms with Crippen LogP contribution in [0.5, 0.6) is 5.75 Å². The molecule has 0 unspecified atom stereocenters. The Morgan fingerprint density at radius 3 is 2.30 bits per heavy atom. The average Bonchev–Trinajstić information content (AvgIpc) is 2.71. The monoisotopic (exact) mass is 467 g/mol. The highest BCUT2D eigenvalue weighted by atomic mass is 32.1. The van der Waals surface area contributed by atoms with Crippen molar-refractivity contribution in [2.24, 2.45) is 0 Å². The highest BCUT2D eigenvalue weighted by Crippen LogP contribution is 2.34. The van der Waals surface area contributed by atoms with Gasteiger partial charge in [-0.05, 0) is 83.3 Å². The summed E-state index contributed by atoms with van der Waals surface area (Å²) in [7, 11) is 0. The summed E-state index contributed by atoms with van der Waals surface area (Å²) >= 11 is 6.10. The lowest BCUT2D eigenvalue weighted by atomic mass is 9.79. The number of ether oxygens (including phenoxy) is 1. The summed E-state index contributed by atoms with van der Waals surface area (Å²) in [6, 6.07) is 17.1. The molecule has 0 saturated carbocycles. The van der Waals surface area contributed by atoms with Crippen LogP contribution in [-0.4, -0.2) is 33.7 Å². The van der Waals surface area contributed by atoms with E-state index in [4.69, 9.17) is 17.0 Å². The van der Waals surface area contributed by atoms with Gasteiger partial charge in [0.05, 0.1) is 6.61 Å². The molecular weight excluding hydrogens is 426 g/mol. The van der Waals surface area contributed by atoms with Crippen molar-refractivity contribution in [3.63, 3.8) is 0 Å². The number of thiocarbonyl (C=S) groups is 1. The number of hydrogen-bond donors (Lipinski definition) is 2. The Morgan fingerprint density at radius 2 is 1.67 bits per heavy atom. The normalized spacial score (nSPS) is 17.6. The predicted octanol–water partition coefficient (Wildman–Crippen LogP) is 6.72. The summed E-state index contributed by atoms with van der Waals surface area (Å²) in [4.78, 5) is 2.38. The van der Waals surface area contributed by atoms with Gasteiger partial charge in [-0.2, -0.15) is 0 Å². The van der Waals surface area contributed by atoms with E-state index in [1.165, 1.54) is 5.56 Å². The summed E-state index contributed by atoms with van der Waals surface area (Å²) in [5.41, 5.74) is 3.58. The van der Waals surface area contributed by atoms with Gasteiger partial charge in [-0.25, -0.2) is 0 Å². The van der Waals surface area contributed by atoms with Crippen LogP contribution in [-0.2, 0) is 6.54 Å². The molecule has 1 saturated heterocycles. The molecule has 0 spiro atoms. The molecule has 0 aromatic heterocycles. The first-order chi connectivity index (χ1) is 15.5. The number of anilines is 1. The molecule has 2 aromatic rings. The molecular formula is C28H41N3OS. The number of piperidine rings is 1. The fourth-order valence-electron chi connectivity index (χ4n) is 5.27. The molecule has 2 aromatic carbocycles. The van der Waals surface area contributed by atoms with E-state index in [2.05, 4.69) is 99.5 Å². The lowest BCUT2D eigenvalue weighted by Crippen LogP contribution is -2.63. The SMILES string of the molecule is CCOc1ccccc1CN(C(=S)Nc1ccccc1C(C)C)C1CC(C)(C)NC(C)(C)C1. The van der Waals surface area contributed by atoms with Crippen molar-refractivity contribution >= 4 is 23.0 Å². The molecule has 5 heteroatoms. The van der Waals surface area contributed by atoms with E-state index in [1.807, 2.05) is 13.0 Å². The Hall–Kier alpha value is -2.11. The third-order valence-corrected chi connectivity index (χ3v) is 6.64. The van der Waals surface area contributed by atoms with Gasteiger partial charge >= 0.3 is 0 Å². The van der Waals surface area contributed by atoms with Crippen molar-refractivity contribution in [3.05, 3.63) is 59.7 Å².